The Kier molecular flexibility index (Phi) is 12.3. The summed E-state index contributed by atoms with van der Waals surface area (Å²) < 4.78 is 17.4. The van der Waals surface area contributed by atoms with Gasteiger partial charge in [0.25, 0.3) is 0 Å². The Balaban J connectivity index is 2.21. The van der Waals surface area contributed by atoms with Gasteiger partial charge in [0.05, 0.1) is 19.3 Å². The summed E-state index contributed by atoms with van der Waals surface area (Å²) in [6, 6.07) is 0. The minimum atomic E-state index is -0.474. The van der Waals surface area contributed by atoms with Gasteiger partial charge >= 0.3 is 5.97 Å². The first-order valence-electron chi connectivity index (χ1n) is 13.4. The van der Waals surface area contributed by atoms with Gasteiger partial charge in [0.1, 0.15) is 6.10 Å². The van der Waals surface area contributed by atoms with Gasteiger partial charge in [-0.15, -0.1) is 0 Å². The highest BCUT2D eigenvalue weighted by Crippen LogP contribution is 2.27. The van der Waals surface area contributed by atoms with Crippen molar-refractivity contribution in [2.75, 3.05) is 13.7 Å². The Labute approximate surface area is 213 Å². The molecule has 1 fully saturated rings. The molecule has 2 unspecified atom stereocenters. The molecule has 0 bridgehead atoms. The van der Waals surface area contributed by atoms with Crippen molar-refractivity contribution >= 4 is 5.97 Å². The summed E-state index contributed by atoms with van der Waals surface area (Å²) >= 11 is 0. The second-order valence-corrected chi connectivity index (χ2v) is 11.0. The lowest BCUT2D eigenvalue weighted by Gasteiger charge is -2.29. The molecule has 5 nitrogen and oxygen atoms in total. The van der Waals surface area contributed by atoms with Gasteiger partial charge in [-0.2, -0.15) is 0 Å². The van der Waals surface area contributed by atoms with Crippen LogP contribution in [0.1, 0.15) is 80.1 Å². The third kappa shape index (κ3) is 9.97. The van der Waals surface area contributed by atoms with E-state index in [-0.39, 0.29) is 29.6 Å². The molecule has 2 aliphatic heterocycles. The molecule has 7 atom stereocenters. The van der Waals surface area contributed by atoms with Crippen LogP contribution in [0.5, 0.6) is 0 Å². The van der Waals surface area contributed by atoms with Crippen molar-refractivity contribution in [3.05, 3.63) is 47.3 Å². The number of esters is 1. The number of hydrogen-bond acceptors (Lipinski definition) is 5. The normalized spacial score (nSPS) is 38.1. The van der Waals surface area contributed by atoms with Crippen LogP contribution >= 0.6 is 0 Å². The number of carbonyl (C=O) groups excluding carboxylic acids is 1. The summed E-state index contributed by atoms with van der Waals surface area (Å²) in [6.45, 7) is 13.3. The second-order valence-electron chi connectivity index (χ2n) is 11.0. The first-order chi connectivity index (χ1) is 16.6. The molecule has 0 aromatic heterocycles. The molecule has 35 heavy (non-hydrogen) atoms. The van der Waals surface area contributed by atoms with Crippen LogP contribution in [0, 0.1) is 23.7 Å². The minimum absolute atomic E-state index is 0.0515. The quantitative estimate of drug-likeness (QED) is 0.445. The lowest BCUT2D eigenvalue weighted by atomic mass is 9.87. The monoisotopic (exact) mass is 488 g/mol. The van der Waals surface area contributed by atoms with Crippen LogP contribution in [0.4, 0.5) is 0 Å². The summed E-state index contributed by atoms with van der Waals surface area (Å²) in [5, 5.41) is 10.8. The van der Waals surface area contributed by atoms with E-state index in [4.69, 9.17) is 14.2 Å². The molecule has 0 aromatic rings. The van der Waals surface area contributed by atoms with Gasteiger partial charge in [0.15, 0.2) is 0 Å². The van der Waals surface area contributed by atoms with Gasteiger partial charge in [0.2, 0.25) is 5.76 Å². The lowest BCUT2D eigenvalue weighted by molar-refractivity contribution is -0.150. The number of aliphatic hydroxyl groups excluding tert-OH is 1. The smallest absolute Gasteiger partial charge is 0.373 e. The summed E-state index contributed by atoms with van der Waals surface area (Å²) in [5.74, 6) is 0.645. The van der Waals surface area contributed by atoms with Crippen LogP contribution in [-0.4, -0.2) is 43.1 Å². The third-order valence-electron chi connectivity index (χ3n) is 7.39. The Morgan fingerprint density at radius 3 is 2.60 bits per heavy atom. The first-order valence-corrected chi connectivity index (χ1v) is 13.4. The largest absolute Gasteiger partial charge is 0.490 e. The average Bonchev–Trinajstić information content (AvgIpc) is 2.82. The van der Waals surface area contributed by atoms with Crippen LogP contribution in [-0.2, 0) is 19.0 Å². The molecule has 0 spiro atoms. The molecule has 0 amide bonds. The maximum atomic E-state index is 13.0. The van der Waals surface area contributed by atoms with Crippen molar-refractivity contribution in [2.24, 2.45) is 23.7 Å². The maximum Gasteiger partial charge on any atom is 0.373 e. The molecule has 1 saturated heterocycles. The molecule has 2 heterocycles. The van der Waals surface area contributed by atoms with E-state index in [2.05, 4.69) is 39.8 Å². The molecular weight excluding hydrogens is 440 g/mol. The van der Waals surface area contributed by atoms with Gasteiger partial charge in [-0.1, -0.05) is 63.1 Å². The van der Waals surface area contributed by atoms with Crippen molar-refractivity contribution < 1.29 is 24.1 Å². The van der Waals surface area contributed by atoms with Crippen LogP contribution in [0.2, 0.25) is 0 Å². The number of rotatable bonds is 5. The number of carbonyl (C=O) groups is 1. The summed E-state index contributed by atoms with van der Waals surface area (Å²) in [4.78, 5) is 13.0. The average molecular weight is 489 g/mol. The van der Waals surface area contributed by atoms with Crippen LogP contribution < -0.4 is 0 Å². The Morgan fingerprint density at radius 2 is 1.94 bits per heavy atom. The highest BCUT2D eigenvalue weighted by Gasteiger charge is 2.26. The Hall–Kier alpha value is -1.85. The predicted octanol–water partition coefficient (Wildman–Crippen LogP) is 6.54. The molecule has 0 aliphatic carbocycles. The van der Waals surface area contributed by atoms with Crippen molar-refractivity contribution in [1.29, 1.82) is 0 Å². The van der Waals surface area contributed by atoms with E-state index in [1.165, 1.54) is 19.1 Å². The van der Waals surface area contributed by atoms with E-state index in [9.17, 15) is 9.90 Å². The fourth-order valence-electron chi connectivity index (χ4n) is 5.02. The van der Waals surface area contributed by atoms with E-state index in [0.717, 1.165) is 37.9 Å². The molecule has 198 valence electrons. The number of hydrogen-bond donors (Lipinski definition) is 1. The predicted molar refractivity (Wildman–Crippen MR) is 142 cm³/mol. The van der Waals surface area contributed by atoms with E-state index in [0.29, 0.717) is 18.4 Å². The second kappa shape index (κ2) is 14.6. The molecule has 2 rings (SSSR count). The minimum Gasteiger partial charge on any atom is -0.490 e. The van der Waals surface area contributed by atoms with Crippen molar-refractivity contribution in [1.82, 2.24) is 0 Å². The number of cyclic esters (lactones) is 1. The fraction of sp³-hybridized carbons (Fsp3) is 0.700. The van der Waals surface area contributed by atoms with E-state index >= 15 is 0 Å². The van der Waals surface area contributed by atoms with Crippen molar-refractivity contribution in [3.63, 3.8) is 0 Å². The summed E-state index contributed by atoms with van der Waals surface area (Å²) in [6.07, 6.45) is 15.2. The van der Waals surface area contributed by atoms with Gasteiger partial charge in [-0.3, -0.25) is 0 Å². The zero-order valence-electron chi connectivity index (χ0n) is 23.0. The zero-order chi connectivity index (χ0) is 26.0. The zero-order valence-corrected chi connectivity index (χ0v) is 23.0. The number of aliphatic hydroxyl groups is 1. The lowest BCUT2D eigenvalue weighted by Crippen LogP contribution is -2.29. The van der Waals surface area contributed by atoms with Crippen molar-refractivity contribution in [2.45, 2.75) is 98.4 Å². The molecule has 1 N–H and O–H groups in total. The van der Waals surface area contributed by atoms with Gasteiger partial charge < -0.3 is 19.3 Å². The van der Waals surface area contributed by atoms with Crippen LogP contribution in [0.25, 0.3) is 0 Å². The highest BCUT2D eigenvalue weighted by molar-refractivity contribution is 5.87. The Bertz CT molecular complexity index is 785. The van der Waals surface area contributed by atoms with E-state index in [1.807, 2.05) is 26.0 Å². The van der Waals surface area contributed by atoms with E-state index in [1.54, 1.807) is 6.08 Å². The third-order valence-corrected chi connectivity index (χ3v) is 7.39. The summed E-state index contributed by atoms with van der Waals surface area (Å²) in [7, 11) is 1.49. The summed E-state index contributed by atoms with van der Waals surface area (Å²) in [5.41, 5.74) is 2.09. The van der Waals surface area contributed by atoms with E-state index < -0.39 is 12.1 Å². The molecule has 0 aromatic carbocycles. The molecular formula is C30H48O5. The van der Waals surface area contributed by atoms with Gasteiger partial charge in [-0.25, -0.2) is 4.79 Å². The highest BCUT2D eigenvalue weighted by atomic mass is 16.6. The first kappa shape index (κ1) is 29.4. The van der Waals surface area contributed by atoms with Gasteiger partial charge in [0, 0.05) is 18.9 Å². The maximum absolute atomic E-state index is 13.0. The molecule has 5 heteroatoms. The van der Waals surface area contributed by atoms with Gasteiger partial charge in [-0.05, 0) is 69.8 Å². The van der Waals surface area contributed by atoms with Crippen LogP contribution in [0.3, 0.4) is 0 Å². The molecule has 0 radical (unpaired) electrons. The van der Waals surface area contributed by atoms with Crippen molar-refractivity contribution in [3.8, 4) is 0 Å². The SMILES string of the molecule is CO/C1=C\C(C)=C\[C@@H](C)[C@@H](O)[C@H](C)C/C(C)=C/C=C/CC([C@@H](C)CCC2CC[C@H](C)CO2)OC1=O. The number of allylic oxidation sites excluding steroid dienone is 5. The number of methoxy groups -OCH3 is 1. The Morgan fingerprint density at radius 1 is 1.20 bits per heavy atom. The molecule has 0 saturated carbocycles. The number of ether oxygens (including phenoxy) is 3. The fourth-order valence-corrected chi connectivity index (χ4v) is 5.02. The molecule has 2 aliphatic rings. The van der Waals surface area contributed by atoms with Crippen LogP contribution in [0.15, 0.2) is 47.3 Å². The topological polar surface area (TPSA) is 65.0 Å². The standard InChI is InChI=1S/C30H48O5/c1-20-10-8-9-11-27(23(4)13-15-26-14-12-21(2)19-34-26)35-30(32)28(33-7)18-22(3)17-25(6)29(31)24(5)16-20/h8-10,17-18,21,23-27,29,31H,11-16,19H2,1-7H3/b9-8+,20-10+,22-17+,28-18-/t21-,23-,24+,25+,26?,27?,29-/m0/s1.